The fourth-order valence-electron chi connectivity index (χ4n) is 2.44. The van der Waals surface area contributed by atoms with Crippen molar-refractivity contribution < 1.29 is 0 Å². The predicted molar refractivity (Wildman–Crippen MR) is 87.6 cm³/mol. The smallest absolute Gasteiger partial charge is 0.0485 e. The molecule has 0 heterocycles. The van der Waals surface area contributed by atoms with Crippen molar-refractivity contribution in [2.45, 2.75) is 39.3 Å². The zero-order chi connectivity index (χ0) is 14.6. The van der Waals surface area contributed by atoms with E-state index in [2.05, 4.69) is 54.7 Å². The highest BCUT2D eigenvalue weighted by Crippen LogP contribution is 2.31. The molecule has 0 aromatic heterocycles. The summed E-state index contributed by atoms with van der Waals surface area (Å²) in [6.45, 7) is 7.30. The average molecular weight is 348 g/mol. The molecule has 0 aliphatic carbocycles. The minimum Gasteiger partial charge on any atom is -0.329 e. The van der Waals surface area contributed by atoms with Gasteiger partial charge in [0.2, 0.25) is 0 Å². The fraction of sp³-hybridized carbons (Fsp3) is 0.600. The molecule has 1 rings (SSSR count). The molecule has 2 atom stereocenters. The van der Waals surface area contributed by atoms with E-state index in [0.29, 0.717) is 18.5 Å². The summed E-state index contributed by atoms with van der Waals surface area (Å²) in [7, 11) is 2.13. The number of rotatable bonds is 6. The van der Waals surface area contributed by atoms with E-state index in [0.717, 1.165) is 21.5 Å². The molecule has 0 radical (unpaired) electrons. The quantitative estimate of drug-likeness (QED) is 0.822. The normalized spacial score (nSPS) is 15.0. The van der Waals surface area contributed by atoms with E-state index in [-0.39, 0.29) is 6.04 Å². The molecular weight excluding hydrogens is 324 g/mol. The molecule has 0 saturated heterocycles. The molecule has 108 valence electrons. The lowest BCUT2D eigenvalue weighted by Gasteiger charge is -2.34. The molecule has 1 aromatic rings. The van der Waals surface area contributed by atoms with Gasteiger partial charge in [-0.05, 0) is 50.1 Å². The molecule has 0 amide bonds. The van der Waals surface area contributed by atoms with Crippen molar-refractivity contribution >= 4 is 27.5 Å². The number of nitrogens with two attached hydrogens (primary N) is 1. The Kier molecular flexibility index (Phi) is 6.81. The summed E-state index contributed by atoms with van der Waals surface area (Å²) in [5.74, 6) is 0.675. The Balaban J connectivity index is 2.96. The van der Waals surface area contributed by atoms with Crippen molar-refractivity contribution in [2.24, 2.45) is 11.7 Å². The lowest BCUT2D eigenvalue weighted by Crippen LogP contribution is -2.37. The SMILES string of the molecule is CC(C)CC(C)N(C)C(CN)c1cc(Br)ccc1Cl. The van der Waals surface area contributed by atoms with Crippen LogP contribution in [0.2, 0.25) is 5.02 Å². The second-order valence-corrected chi connectivity index (χ2v) is 6.88. The summed E-state index contributed by atoms with van der Waals surface area (Å²) < 4.78 is 1.04. The zero-order valence-electron chi connectivity index (χ0n) is 12.2. The standard InChI is InChI=1S/C15H24BrClN2/c1-10(2)7-11(3)19(4)15(9-18)13-8-12(16)5-6-14(13)17/h5-6,8,10-11,15H,7,9,18H2,1-4H3. The highest BCUT2D eigenvalue weighted by atomic mass is 79.9. The largest absolute Gasteiger partial charge is 0.329 e. The van der Waals surface area contributed by atoms with Crippen LogP contribution in [0.25, 0.3) is 0 Å². The maximum absolute atomic E-state index is 6.32. The van der Waals surface area contributed by atoms with Crippen LogP contribution in [0.4, 0.5) is 0 Å². The van der Waals surface area contributed by atoms with Crippen molar-refractivity contribution in [3.05, 3.63) is 33.3 Å². The molecule has 4 heteroatoms. The van der Waals surface area contributed by atoms with Gasteiger partial charge in [-0.3, -0.25) is 4.90 Å². The summed E-state index contributed by atoms with van der Waals surface area (Å²) in [6.07, 6.45) is 1.15. The van der Waals surface area contributed by atoms with Crippen LogP contribution in [-0.2, 0) is 0 Å². The van der Waals surface area contributed by atoms with Gasteiger partial charge in [-0.25, -0.2) is 0 Å². The van der Waals surface area contributed by atoms with Crippen molar-refractivity contribution in [3.63, 3.8) is 0 Å². The third kappa shape index (κ3) is 4.75. The van der Waals surface area contributed by atoms with Gasteiger partial charge in [0.1, 0.15) is 0 Å². The van der Waals surface area contributed by atoms with E-state index < -0.39 is 0 Å². The summed E-state index contributed by atoms with van der Waals surface area (Å²) in [4.78, 5) is 2.33. The van der Waals surface area contributed by atoms with Crippen LogP contribution in [0, 0.1) is 5.92 Å². The second kappa shape index (κ2) is 7.63. The van der Waals surface area contributed by atoms with Gasteiger partial charge in [-0.1, -0.05) is 41.4 Å². The Bertz CT molecular complexity index is 409. The fourth-order valence-corrected chi connectivity index (χ4v) is 3.06. The Morgan fingerprint density at radius 3 is 2.47 bits per heavy atom. The van der Waals surface area contributed by atoms with Crippen molar-refractivity contribution in [1.82, 2.24) is 4.90 Å². The molecule has 2 N–H and O–H groups in total. The van der Waals surface area contributed by atoms with E-state index in [1.807, 2.05) is 12.1 Å². The van der Waals surface area contributed by atoms with Gasteiger partial charge in [0, 0.05) is 28.1 Å². The van der Waals surface area contributed by atoms with Crippen LogP contribution in [0.15, 0.2) is 22.7 Å². The maximum Gasteiger partial charge on any atom is 0.0485 e. The van der Waals surface area contributed by atoms with Crippen LogP contribution < -0.4 is 5.73 Å². The van der Waals surface area contributed by atoms with Crippen molar-refractivity contribution in [1.29, 1.82) is 0 Å². The lowest BCUT2D eigenvalue weighted by molar-refractivity contribution is 0.169. The maximum atomic E-state index is 6.32. The van der Waals surface area contributed by atoms with Gasteiger partial charge in [0.05, 0.1) is 0 Å². The van der Waals surface area contributed by atoms with Crippen LogP contribution in [0.3, 0.4) is 0 Å². The summed E-state index contributed by atoms with van der Waals surface area (Å²) in [5.41, 5.74) is 7.07. The summed E-state index contributed by atoms with van der Waals surface area (Å²) in [6, 6.07) is 6.57. The average Bonchev–Trinajstić information content (AvgIpc) is 2.33. The van der Waals surface area contributed by atoms with Crippen LogP contribution in [-0.4, -0.2) is 24.5 Å². The molecule has 2 unspecified atom stereocenters. The topological polar surface area (TPSA) is 29.3 Å². The molecule has 1 aromatic carbocycles. The third-order valence-electron chi connectivity index (χ3n) is 3.54. The third-order valence-corrected chi connectivity index (χ3v) is 4.38. The Hall–Kier alpha value is -0.0900. The predicted octanol–water partition coefficient (Wildman–Crippen LogP) is 4.47. The van der Waals surface area contributed by atoms with Gasteiger partial charge in [0.15, 0.2) is 0 Å². The molecule has 0 bridgehead atoms. The monoisotopic (exact) mass is 346 g/mol. The molecule has 0 saturated carbocycles. The molecule has 2 nitrogen and oxygen atoms in total. The van der Waals surface area contributed by atoms with Gasteiger partial charge >= 0.3 is 0 Å². The Morgan fingerprint density at radius 1 is 1.32 bits per heavy atom. The number of hydrogen-bond donors (Lipinski definition) is 1. The molecule has 0 aliphatic rings. The number of nitrogens with zero attached hydrogens (tertiary/aromatic N) is 1. The first kappa shape index (κ1) is 17.0. The number of halogens is 2. The first-order valence-corrected chi connectivity index (χ1v) is 7.90. The highest BCUT2D eigenvalue weighted by Gasteiger charge is 2.23. The highest BCUT2D eigenvalue weighted by molar-refractivity contribution is 9.10. The first-order chi connectivity index (χ1) is 8.86. The molecule has 19 heavy (non-hydrogen) atoms. The van der Waals surface area contributed by atoms with Gasteiger partial charge in [-0.2, -0.15) is 0 Å². The van der Waals surface area contributed by atoms with Crippen molar-refractivity contribution in [3.8, 4) is 0 Å². The van der Waals surface area contributed by atoms with Gasteiger partial charge < -0.3 is 5.73 Å². The van der Waals surface area contributed by atoms with E-state index in [1.165, 1.54) is 0 Å². The molecule has 0 fully saturated rings. The summed E-state index contributed by atoms with van der Waals surface area (Å²) >= 11 is 9.82. The van der Waals surface area contributed by atoms with E-state index in [1.54, 1.807) is 0 Å². The van der Waals surface area contributed by atoms with E-state index in [9.17, 15) is 0 Å². The summed E-state index contributed by atoms with van der Waals surface area (Å²) in [5, 5.41) is 0.780. The lowest BCUT2D eigenvalue weighted by atomic mass is 9.99. The van der Waals surface area contributed by atoms with E-state index >= 15 is 0 Å². The number of likely N-dealkylation sites (N-methyl/N-ethyl adjacent to an activating group) is 1. The Labute approximate surface area is 130 Å². The second-order valence-electron chi connectivity index (χ2n) is 5.56. The minimum absolute atomic E-state index is 0.152. The molecular formula is C15H24BrClN2. The van der Waals surface area contributed by atoms with Crippen LogP contribution >= 0.6 is 27.5 Å². The van der Waals surface area contributed by atoms with Gasteiger partial charge in [-0.15, -0.1) is 0 Å². The minimum atomic E-state index is 0.152. The van der Waals surface area contributed by atoms with Crippen LogP contribution in [0.5, 0.6) is 0 Å². The molecule has 0 aliphatic heterocycles. The Morgan fingerprint density at radius 2 is 1.95 bits per heavy atom. The zero-order valence-corrected chi connectivity index (χ0v) is 14.5. The molecule has 0 spiro atoms. The number of benzene rings is 1. The first-order valence-electron chi connectivity index (χ1n) is 6.73. The number of hydrogen-bond acceptors (Lipinski definition) is 2. The van der Waals surface area contributed by atoms with Crippen LogP contribution in [0.1, 0.15) is 38.8 Å². The van der Waals surface area contributed by atoms with Gasteiger partial charge in [0.25, 0.3) is 0 Å². The van der Waals surface area contributed by atoms with E-state index in [4.69, 9.17) is 17.3 Å². The van der Waals surface area contributed by atoms with Crippen molar-refractivity contribution in [2.75, 3.05) is 13.6 Å².